The maximum atomic E-state index is 12.6. The van der Waals surface area contributed by atoms with E-state index >= 15 is 0 Å². The van der Waals surface area contributed by atoms with Gasteiger partial charge < -0.3 is 4.18 Å². The molecule has 0 N–H and O–H groups in total. The predicted octanol–water partition coefficient (Wildman–Crippen LogP) is 3.87. The van der Waals surface area contributed by atoms with Gasteiger partial charge in [0, 0.05) is 5.69 Å². The van der Waals surface area contributed by atoms with Gasteiger partial charge in [-0.2, -0.15) is 13.5 Å². The van der Waals surface area contributed by atoms with E-state index in [9.17, 15) is 8.42 Å². The van der Waals surface area contributed by atoms with Crippen LogP contribution < -0.4 is 4.18 Å². The van der Waals surface area contributed by atoms with Gasteiger partial charge in [0.2, 0.25) is 0 Å². The Morgan fingerprint density at radius 2 is 1.52 bits per heavy atom. The van der Waals surface area contributed by atoms with Crippen LogP contribution >= 0.6 is 0 Å². The summed E-state index contributed by atoms with van der Waals surface area (Å²) in [7, 11) is -3.92. The summed E-state index contributed by atoms with van der Waals surface area (Å²) in [5.41, 5.74) is 4.33. The fraction of sp³-hybridized carbons (Fsp3) is 0.211. The third-order valence-corrected chi connectivity index (χ3v) is 5.11. The summed E-state index contributed by atoms with van der Waals surface area (Å²) in [6.07, 6.45) is 0. The molecule has 0 unspecified atom stereocenters. The highest BCUT2D eigenvalue weighted by Crippen LogP contribution is 2.28. The van der Waals surface area contributed by atoms with Gasteiger partial charge in [0.05, 0.1) is 5.69 Å². The van der Waals surface area contributed by atoms with Crippen molar-refractivity contribution >= 4 is 10.1 Å². The van der Waals surface area contributed by atoms with E-state index in [2.05, 4.69) is 5.10 Å². The Labute approximate surface area is 148 Å². The average Bonchev–Trinajstić information content (AvgIpc) is 2.88. The van der Waals surface area contributed by atoms with Crippen LogP contribution in [-0.2, 0) is 10.1 Å². The Balaban J connectivity index is 2.06. The summed E-state index contributed by atoms with van der Waals surface area (Å²) in [6.45, 7) is 7.65. The normalized spacial score (nSPS) is 11.5. The highest BCUT2D eigenvalue weighted by Gasteiger charge is 2.20. The number of benzene rings is 2. The van der Waals surface area contributed by atoms with Crippen LogP contribution in [0.3, 0.4) is 0 Å². The Bertz CT molecular complexity index is 1020. The van der Waals surface area contributed by atoms with Crippen molar-refractivity contribution < 1.29 is 12.6 Å². The monoisotopic (exact) mass is 356 g/mol. The summed E-state index contributed by atoms with van der Waals surface area (Å²) in [6, 6.07) is 13.8. The molecule has 0 saturated carbocycles. The summed E-state index contributed by atoms with van der Waals surface area (Å²) in [4.78, 5) is 0.123. The zero-order chi connectivity index (χ0) is 18.2. The lowest BCUT2D eigenvalue weighted by molar-refractivity contribution is 0.483. The molecule has 0 bridgehead atoms. The largest absolute Gasteiger partial charge is 0.377 e. The van der Waals surface area contributed by atoms with Crippen molar-refractivity contribution in [2.75, 3.05) is 0 Å². The molecule has 0 fully saturated rings. The smallest absolute Gasteiger partial charge is 0.339 e. The lowest BCUT2D eigenvalue weighted by Gasteiger charge is -2.13. The molecule has 0 radical (unpaired) electrons. The first-order chi connectivity index (χ1) is 11.8. The van der Waals surface area contributed by atoms with Gasteiger partial charge in [-0.05, 0) is 63.6 Å². The van der Waals surface area contributed by atoms with Gasteiger partial charge in [-0.1, -0.05) is 23.8 Å². The molecular formula is C19H20N2O3S. The van der Waals surface area contributed by atoms with Gasteiger partial charge in [-0.3, -0.25) is 0 Å². The first-order valence-corrected chi connectivity index (χ1v) is 9.32. The number of rotatable bonds is 4. The first kappa shape index (κ1) is 17.2. The second-order valence-electron chi connectivity index (χ2n) is 6.16. The molecule has 3 rings (SSSR count). The predicted molar refractivity (Wildman–Crippen MR) is 96.8 cm³/mol. The molecule has 3 aromatic rings. The van der Waals surface area contributed by atoms with Crippen molar-refractivity contribution in [3.05, 3.63) is 71.0 Å². The van der Waals surface area contributed by atoms with Crippen molar-refractivity contribution in [3.63, 3.8) is 0 Å². The van der Waals surface area contributed by atoms with Crippen LogP contribution in [0.5, 0.6) is 5.75 Å². The van der Waals surface area contributed by atoms with E-state index in [4.69, 9.17) is 4.18 Å². The second kappa shape index (κ2) is 6.37. The number of aryl methyl sites for hydroxylation is 4. The fourth-order valence-electron chi connectivity index (χ4n) is 2.61. The van der Waals surface area contributed by atoms with Gasteiger partial charge in [-0.25, -0.2) is 4.68 Å². The van der Waals surface area contributed by atoms with Crippen molar-refractivity contribution in [2.45, 2.75) is 32.6 Å². The summed E-state index contributed by atoms with van der Waals surface area (Å²) in [5.74, 6) is 0.248. The summed E-state index contributed by atoms with van der Waals surface area (Å²) >= 11 is 0. The Morgan fingerprint density at radius 3 is 2.12 bits per heavy atom. The van der Waals surface area contributed by atoms with Gasteiger partial charge in [0.1, 0.15) is 10.6 Å². The Morgan fingerprint density at radius 1 is 0.880 bits per heavy atom. The van der Waals surface area contributed by atoms with Crippen molar-refractivity contribution in [1.29, 1.82) is 0 Å². The van der Waals surface area contributed by atoms with E-state index < -0.39 is 10.1 Å². The summed E-state index contributed by atoms with van der Waals surface area (Å²) in [5, 5.41) is 4.44. The Kier molecular flexibility index (Phi) is 4.39. The molecule has 5 nitrogen and oxygen atoms in total. The van der Waals surface area contributed by atoms with Crippen LogP contribution in [0.25, 0.3) is 5.69 Å². The molecular weight excluding hydrogens is 336 g/mol. The molecule has 6 heteroatoms. The minimum atomic E-state index is -3.92. The zero-order valence-electron chi connectivity index (χ0n) is 14.6. The Hall–Kier alpha value is -2.60. The highest BCUT2D eigenvalue weighted by molar-refractivity contribution is 7.87. The molecule has 130 valence electrons. The van der Waals surface area contributed by atoms with Crippen molar-refractivity contribution in [1.82, 2.24) is 9.78 Å². The zero-order valence-corrected chi connectivity index (χ0v) is 15.5. The average molecular weight is 356 g/mol. The van der Waals surface area contributed by atoms with Crippen LogP contribution in [0.15, 0.2) is 53.4 Å². The van der Waals surface area contributed by atoms with Crippen molar-refractivity contribution in [2.24, 2.45) is 0 Å². The van der Waals surface area contributed by atoms with E-state index in [1.54, 1.807) is 35.0 Å². The maximum absolute atomic E-state index is 12.6. The van der Waals surface area contributed by atoms with E-state index in [1.165, 1.54) is 0 Å². The lowest BCUT2D eigenvalue weighted by atomic mass is 10.2. The number of aromatic nitrogens is 2. The highest BCUT2D eigenvalue weighted by atomic mass is 32.2. The van der Waals surface area contributed by atoms with E-state index in [0.717, 1.165) is 22.5 Å². The molecule has 1 aromatic heterocycles. The second-order valence-corrected chi connectivity index (χ2v) is 7.71. The first-order valence-electron chi connectivity index (χ1n) is 7.92. The van der Waals surface area contributed by atoms with E-state index in [-0.39, 0.29) is 10.6 Å². The van der Waals surface area contributed by atoms with Crippen LogP contribution in [0.2, 0.25) is 0 Å². The third-order valence-electron chi connectivity index (χ3n) is 3.86. The van der Waals surface area contributed by atoms with Crippen molar-refractivity contribution in [3.8, 4) is 11.4 Å². The van der Waals surface area contributed by atoms with Crippen LogP contribution in [-0.4, -0.2) is 18.2 Å². The topological polar surface area (TPSA) is 61.2 Å². The molecule has 0 atom stereocenters. The molecule has 25 heavy (non-hydrogen) atoms. The molecule has 0 aliphatic heterocycles. The molecule has 0 amide bonds. The van der Waals surface area contributed by atoms with Crippen LogP contribution in [0, 0.1) is 27.7 Å². The molecule has 1 heterocycles. The maximum Gasteiger partial charge on any atom is 0.339 e. The van der Waals surface area contributed by atoms with Gasteiger partial charge >= 0.3 is 10.1 Å². The minimum Gasteiger partial charge on any atom is -0.377 e. The summed E-state index contributed by atoms with van der Waals surface area (Å²) < 4.78 is 32.4. The van der Waals surface area contributed by atoms with Crippen LogP contribution in [0.4, 0.5) is 0 Å². The van der Waals surface area contributed by atoms with E-state index in [1.807, 2.05) is 45.9 Å². The quantitative estimate of drug-likeness (QED) is 0.666. The fourth-order valence-corrected chi connectivity index (χ4v) is 3.55. The molecule has 0 aliphatic carbocycles. The number of hydrogen-bond acceptors (Lipinski definition) is 4. The lowest BCUT2D eigenvalue weighted by Crippen LogP contribution is -2.12. The van der Waals surface area contributed by atoms with E-state index in [0.29, 0.717) is 5.69 Å². The minimum absolute atomic E-state index is 0.123. The standard InChI is InChI=1S/C19H20N2O3S/c1-13-5-8-17(9-6-13)25(22,23)24-19-10-7-14(2)11-18(19)21-16(4)12-15(3)20-21/h5-12H,1-4H3. The van der Waals surface area contributed by atoms with Gasteiger partial charge in [0.15, 0.2) is 5.75 Å². The van der Waals surface area contributed by atoms with Crippen LogP contribution in [0.1, 0.15) is 22.5 Å². The SMILES string of the molecule is Cc1ccc(S(=O)(=O)Oc2ccc(C)cc2-n2nc(C)cc2C)cc1. The molecule has 2 aromatic carbocycles. The number of hydrogen-bond donors (Lipinski definition) is 0. The number of nitrogens with zero attached hydrogens (tertiary/aromatic N) is 2. The molecule has 0 spiro atoms. The molecule has 0 aliphatic rings. The third kappa shape index (κ3) is 3.58. The molecule has 0 saturated heterocycles. The van der Waals surface area contributed by atoms with Gasteiger partial charge in [0.25, 0.3) is 0 Å². The van der Waals surface area contributed by atoms with Gasteiger partial charge in [-0.15, -0.1) is 0 Å².